The van der Waals surface area contributed by atoms with Gasteiger partial charge in [0.25, 0.3) is 0 Å². The van der Waals surface area contributed by atoms with Crippen molar-refractivity contribution in [2.45, 2.75) is 24.4 Å². The monoisotopic (exact) mass is 284 g/mol. The standard InChI is InChI=1S/C10H12N4O4S/c11-10-9-5(12-2-13-10)4(14-19-9)8-7(17)6(16)3(1-15)18-8/h2-3,6-8,15-17H,1H2,(H2,11,12,13)/t3-,6+,7+,8-/m0/s1. The molecule has 0 amide bonds. The fourth-order valence-corrected chi connectivity index (χ4v) is 2.88. The molecular weight excluding hydrogens is 272 g/mol. The molecule has 1 saturated heterocycles. The lowest BCUT2D eigenvalue weighted by Gasteiger charge is -2.12. The third kappa shape index (κ3) is 1.86. The molecule has 0 spiro atoms. The van der Waals surface area contributed by atoms with E-state index in [2.05, 4.69) is 14.3 Å². The average molecular weight is 284 g/mol. The molecule has 8 nitrogen and oxygen atoms in total. The first-order valence-electron chi connectivity index (χ1n) is 5.61. The van der Waals surface area contributed by atoms with Gasteiger partial charge >= 0.3 is 0 Å². The second kappa shape index (κ2) is 4.62. The topological polar surface area (TPSA) is 135 Å². The molecule has 102 valence electrons. The van der Waals surface area contributed by atoms with Gasteiger partial charge in [0.15, 0.2) is 0 Å². The maximum Gasteiger partial charge on any atom is 0.146 e. The number of hydrogen-bond acceptors (Lipinski definition) is 9. The molecule has 19 heavy (non-hydrogen) atoms. The number of nitrogens with two attached hydrogens (primary N) is 1. The Hall–Kier alpha value is -1.39. The van der Waals surface area contributed by atoms with Gasteiger partial charge in [-0.25, -0.2) is 9.97 Å². The highest BCUT2D eigenvalue weighted by Gasteiger charge is 2.45. The highest BCUT2D eigenvalue weighted by molar-refractivity contribution is 7.14. The van der Waals surface area contributed by atoms with Crippen LogP contribution in [0.1, 0.15) is 11.8 Å². The summed E-state index contributed by atoms with van der Waals surface area (Å²) in [6, 6.07) is 0. The summed E-state index contributed by atoms with van der Waals surface area (Å²) in [5.74, 6) is 0.306. The zero-order valence-electron chi connectivity index (χ0n) is 9.67. The Labute approximate surface area is 111 Å². The van der Waals surface area contributed by atoms with E-state index in [1.807, 2.05) is 0 Å². The molecule has 3 heterocycles. The van der Waals surface area contributed by atoms with Gasteiger partial charge in [-0.1, -0.05) is 0 Å². The van der Waals surface area contributed by atoms with E-state index >= 15 is 0 Å². The molecule has 9 heteroatoms. The summed E-state index contributed by atoms with van der Waals surface area (Å²) in [6.45, 7) is -0.381. The highest BCUT2D eigenvalue weighted by atomic mass is 32.1. The van der Waals surface area contributed by atoms with Crippen molar-refractivity contribution in [2.24, 2.45) is 0 Å². The van der Waals surface area contributed by atoms with Gasteiger partial charge in [0, 0.05) is 0 Å². The first kappa shape index (κ1) is 12.6. The molecule has 0 bridgehead atoms. The summed E-state index contributed by atoms with van der Waals surface area (Å²) in [4.78, 5) is 7.94. The Morgan fingerprint density at radius 2 is 2.11 bits per heavy atom. The lowest BCUT2D eigenvalue weighted by atomic mass is 10.1. The quantitative estimate of drug-likeness (QED) is 0.541. The van der Waals surface area contributed by atoms with Crippen molar-refractivity contribution in [2.75, 3.05) is 12.3 Å². The van der Waals surface area contributed by atoms with Crippen molar-refractivity contribution in [3.8, 4) is 0 Å². The number of aliphatic hydroxyl groups is 3. The van der Waals surface area contributed by atoms with Crippen molar-refractivity contribution in [3.63, 3.8) is 0 Å². The number of nitrogen functional groups attached to an aromatic ring is 1. The van der Waals surface area contributed by atoms with Gasteiger partial charge in [-0.05, 0) is 11.5 Å². The molecular formula is C10H12N4O4S. The second-order valence-corrected chi connectivity index (χ2v) is 5.04. The fourth-order valence-electron chi connectivity index (χ4n) is 2.11. The molecule has 1 fully saturated rings. The second-order valence-electron chi connectivity index (χ2n) is 4.26. The van der Waals surface area contributed by atoms with Crippen molar-refractivity contribution in [3.05, 3.63) is 12.0 Å². The molecule has 0 aromatic carbocycles. The first-order valence-corrected chi connectivity index (χ1v) is 6.39. The Morgan fingerprint density at radius 3 is 2.79 bits per heavy atom. The number of nitrogens with zero attached hydrogens (tertiary/aromatic N) is 3. The minimum Gasteiger partial charge on any atom is -0.394 e. The molecule has 0 radical (unpaired) electrons. The minimum absolute atomic E-state index is 0.306. The van der Waals surface area contributed by atoms with Crippen LogP contribution in [0.15, 0.2) is 6.33 Å². The third-order valence-electron chi connectivity index (χ3n) is 3.12. The van der Waals surface area contributed by atoms with Crippen LogP contribution in [0.5, 0.6) is 0 Å². The molecule has 0 unspecified atom stereocenters. The Kier molecular flexibility index (Phi) is 3.07. The highest BCUT2D eigenvalue weighted by Crippen LogP contribution is 2.37. The van der Waals surface area contributed by atoms with E-state index in [-0.39, 0.29) is 6.61 Å². The fraction of sp³-hybridized carbons (Fsp3) is 0.500. The van der Waals surface area contributed by atoms with E-state index < -0.39 is 24.4 Å². The molecule has 0 saturated carbocycles. The van der Waals surface area contributed by atoms with Gasteiger partial charge in [0.2, 0.25) is 0 Å². The Bertz CT molecular complexity index is 606. The number of ether oxygens (including phenoxy) is 1. The number of fused-ring (bicyclic) bond motifs is 1. The van der Waals surface area contributed by atoms with Crippen LogP contribution >= 0.6 is 11.5 Å². The summed E-state index contributed by atoms with van der Waals surface area (Å²) in [5, 5.41) is 28.8. The van der Waals surface area contributed by atoms with Crippen LogP contribution in [-0.4, -0.2) is 54.6 Å². The largest absolute Gasteiger partial charge is 0.394 e. The average Bonchev–Trinajstić information content (AvgIpc) is 2.94. The predicted octanol–water partition coefficient (Wildman–Crippen LogP) is -1.18. The maximum atomic E-state index is 9.96. The van der Waals surface area contributed by atoms with Crippen LogP contribution in [0.4, 0.5) is 5.82 Å². The lowest BCUT2D eigenvalue weighted by molar-refractivity contribution is -0.0233. The van der Waals surface area contributed by atoms with E-state index in [0.29, 0.717) is 21.7 Å². The molecule has 4 atom stereocenters. The van der Waals surface area contributed by atoms with Gasteiger partial charge in [-0.3, -0.25) is 0 Å². The zero-order chi connectivity index (χ0) is 13.6. The van der Waals surface area contributed by atoms with Gasteiger partial charge in [0.05, 0.1) is 6.61 Å². The number of rotatable bonds is 2. The Balaban J connectivity index is 2.04. The van der Waals surface area contributed by atoms with E-state index in [9.17, 15) is 10.2 Å². The molecule has 2 aromatic rings. The van der Waals surface area contributed by atoms with Gasteiger partial charge < -0.3 is 25.8 Å². The summed E-state index contributed by atoms with van der Waals surface area (Å²) in [7, 11) is 0. The predicted molar refractivity (Wildman–Crippen MR) is 66.3 cm³/mol. The van der Waals surface area contributed by atoms with Gasteiger partial charge in [-0.2, -0.15) is 4.37 Å². The van der Waals surface area contributed by atoms with Gasteiger partial charge in [-0.15, -0.1) is 0 Å². The van der Waals surface area contributed by atoms with Crippen LogP contribution in [0.3, 0.4) is 0 Å². The summed E-state index contributed by atoms with van der Waals surface area (Å²) < 4.78 is 10.2. The van der Waals surface area contributed by atoms with Crippen molar-refractivity contribution < 1.29 is 20.1 Å². The smallest absolute Gasteiger partial charge is 0.146 e. The van der Waals surface area contributed by atoms with E-state index in [4.69, 9.17) is 15.6 Å². The normalized spacial score (nSPS) is 31.1. The van der Waals surface area contributed by atoms with E-state index in [1.165, 1.54) is 6.33 Å². The lowest BCUT2D eigenvalue weighted by Crippen LogP contribution is -2.32. The summed E-state index contributed by atoms with van der Waals surface area (Å²) in [6.07, 6.45) is -2.70. The van der Waals surface area contributed by atoms with Crippen LogP contribution in [0.25, 0.3) is 10.2 Å². The van der Waals surface area contributed by atoms with Crippen LogP contribution < -0.4 is 5.73 Å². The number of anilines is 1. The maximum absolute atomic E-state index is 9.96. The molecule has 0 aliphatic carbocycles. The minimum atomic E-state index is -1.17. The molecule has 1 aliphatic rings. The van der Waals surface area contributed by atoms with Crippen molar-refractivity contribution in [1.82, 2.24) is 14.3 Å². The molecule has 2 aromatic heterocycles. The van der Waals surface area contributed by atoms with Gasteiger partial charge in [0.1, 0.15) is 52.5 Å². The Morgan fingerprint density at radius 1 is 1.32 bits per heavy atom. The first-order chi connectivity index (χ1) is 9.13. The van der Waals surface area contributed by atoms with E-state index in [0.717, 1.165) is 11.5 Å². The van der Waals surface area contributed by atoms with Crippen molar-refractivity contribution >= 4 is 27.6 Å². The van der Waals surface area contributed by atoms with Crippen LogP contribution in [0.2, 0.25) is 0 Å². The molecule has 5 N–H and O–H groups in total. The SMILES string of the molecule is Nc1ncnc2c([C@@H]3O[C@@H](CO)[C@@H](O)[C@H]3O)nsc12. The summed E-state index contributed by atoms with van der Waals surface area (Å²) >= 11 is 1.10. The van der Waals surface area contributed by atoms with Crippen LogP contribution in [0, 0.1) is 0 Å². The molecule has 1 aliphatic heterocycles. The zero-order valence-corrected chi connectivity index (χ0v) is 10.5. The third-order valence-corrected chi connectivity index (χ3v) is 3.99. The van der Waals surface area contributed by atoms with Crippen LogP contribution in [-0.2, 0) is 4.74 Å². The number of hydrogen-bond donors (Lipinski definition) is 4. The number of aliphatic hydroxyl groups excluding tert-OH is 3. The number of aromatic nitrogens is 3. The molecule has 3 rings (SSSR count). The summed E-state index contributed by atoms with van der Waals surface area (Å²) in [5.41, 5.74) is 6.60. The van der Waals surface area contributed by atoms with Crippen molar-refractivity contribution in [1.29, 1.82) is 0 Å². The van der Waals surface area contributed by atoms with E-state index in [1.54, 1.807) is 0 Å².